The summed E-state index contributed by atoms with van der Waals surface area (Å²) in [4.78, 5) is 20.4. The Morgan fingerprint density at radius 1 is 1.43 bits per heavy atom. The molecule has 0 unspecified atom stereocenters. The number of carbonyl (C=O) groups excluding carboxylic acids is 1. The number of hydrogen-bond acceptors (Lipinski definition) is 5. The van der Waals surface area contributed by atoms with Crippen LogP contribution in [-0.4, -0.2) is 27.0 Å². The average molecular weight is 345 g/mol. The van der Waals surface area contributed by atoms with Gasteiger partial charge in [0.05, 0.1) is 17.0 Å². The van der Waals surface area contributed by atoms with Gasteiger partial charge in [-0.2, -0.15) is 13.2 Å². The second kappa shape index (κ2) is 6.63. The van der Waals surface area contributed by atoms with E-state index in [-0.39, 0.29) is 24.8 Å². The Morgan fingerprint density at radius 2 is 2.13 bits per heavy atom. The number of alkyl halides is 3. The van der Waals surface area contributed by atoms with E-state index in [4.69, 9.17) is 5.11 Å². The van der Waals surface area contributed by atoms with Gasteiger partial charge in [-0.05, 0) is 19.1 Å². The van der Waals surface area contributed by atoms with Crippen molar-refractivity contribution in [3.05, 3.63) is 39.3 Å². The number of thiazole rings is 1. The molecule has 0 radical (unpaired) electrons. The topological polar surface area (TPSA) is 67.5 Å². The van der Waals surface area contributed by atoms with Crippen molar-refractivity contribution in [3.63, 3.8) is 0 Å². The molecule has 124 valence electrons. The summed E-state index contributed by atoms with van der Waals surface area (Å²) in [5.74, 6) is -0.0398. The molecule has 2 aromatic rings. The predicted molar refractivity (Wildman–Crippen MR) is 78.6 cm³/mol. The molecule has 2 rings (SSSR count). The van der Waals surface area contributed by atoms with Gasteiger partial charge in [0.15, 0.2) is 16.4 Å². The first-order chi connectivity index (χ1) is 10.7. The van der Waals surface area contributed by atoms with E-state index < -0.39 is 11.7 Å². The monoisotopic (exact) mass is 345 g/mol. The molecule has 0 bridgehead atoms. The van der Waals surface area contributed by atoms with E-state index in [2.05, 4.69) is 9.98 Å². The first-order valence-corrected chi connectivity index (χ1v) is 7.45. The maximum absolute atomic E-state index is 12.5. The maximum atomic E-state index is 12.5. The van der Waals surface area contributed by atoms with Gasteiger partial charge in [-0.15, -0.1) is 0 Å². The molecule has 0 aliphatic rings. The summed E-state index contributed by atoms with van der Waals surface area (Å²) in [6.45, 7) is 3.22. The third-order valence-corrected chi connectivity index (χ3v) is 4.37. The highest BCUT2D eigenvalue weighted by atomic mass is 32.1. The quantitative estimate of drug-likeness (QED) is 0.867. The van der Waals surface area contributed by atoms with Crippen molar-refractivity contribution in [3.8, 4) is 0 Å². The Bertz CT molecular complexity index is 776. The van der Waals surface area contributed by atoms with Gasteiger partial charge in [0.25, 0.3) is 0 Å². The molecule has 23 heavy (non-hydrogen) atoms. The second-order valence-corrected chi connectivity index (χ2v) is 5.72. The highest BCUT2D eigenvalue weighted by Gasteiger charge is 2.30. The first kappa shape index (κ1) is 17.4. The number of Topliss-reactive ketones (excluding diaryl/α,β-unsaturated/α-hetero) is 1. The number of aromatic nitrogens is 2. The number of halogens is 3. The normalized spacial score (nSPS) is 12.7. The van der Waals surface area contributed by atoms with Crippen molar-refractivity contribution < 1.29 is 23.1 Å². The van der Waals surface area contributed by atoms with Crippen LogP contribution < -0.4 is 4.80 Å². The molecule has 0 fully saturated rings. The number of rotatable bonds is 4. The summed E-state index contributed by atoms with van der Waals surface area (Å²) in [5, 5.41) is 9.13. The fourth-order valence-corrected chi connectivity index (χ4v) is 3.04. The lowest BCUT2D eigenvalue weighted by molar-refractivity contribution is -0.137. The van der Waals surface area contributed by atoms with Crippen LogP contribution in [0.25, 0.3) is 0 Å². The van der Waals surface area contributed by atoms with Crippen LogP contribution >= 0.6 is 11.3 Å². The Morgan fingerprint density at radius 3 is 2.61 bits per heavy atom. The smallest absolute Gasteiger partial charge is 0.395 e. The largest absolute Gasteiger partial charge is 0.417 e. The molecule has 1 N–H and O–H groups in total. The molecule has 0 aliphatic carbocycles. The van der Waals surface area contributed by atoms with Crippen LogP contribution in [0.2, 0.25) is 0 Å². The molecule has 5 nitrogen and oxygen atoms in total. The number of ketones is 1. The number of aliphatic hydroxyl groups is 1. The molecule has 9 heteroatoms. The molecule has 0 saturated carbocycles. The minimum Gasteiger partial charge on any atom is -0.395 e. The summed E-state index contributed by atoms with van der Waals surface area (Å²) in [6.07, 6.45) is -3.74. The molecular weight excluding hydrogens is 331 g/mol. The lowest BCUT2D eigenvalue weighted by Gasteiger charge is -2.05. The Balaban J connectivity index is 2.50. The van der Waals surface area contributed by atoms with Crippen molar-refractivity contribution in [2.45, 2.75) is 26.6 Å². The van der Waals surface area contributed by atoms with Gasteiger partial charge in [-0.25, -0.2) is 9.98 Å². The predicted octanol–water partition coefficient (Wildman–Crippen LogP) is 2.70. The average Bonchev–Trinajstić information content (AvgIpc) is 2.77. The van der Waals surface area contributed by atoms with Crippen LogP contribution in [0.1, 0.15) is 27.9 Å². The SMILES string of the molecule is CC(=O)c1sc(=Nc2ccc(C(F)(F)F)cn2)n(CCO)c1C. The number of hydrogen-bond donors (Lipinski definition) is 1. The van der Waals surface area contributed by atoms with E-state index >= 15 is 0 Å². The van der Waals surface area contributed by atoms with E-state index in [1.54, 1.807) is 11.5 Å². The Kier molecular flexibility index (Phi) is 5.00. The van der Waals surface area contributed by atoms with Gasteiger partial charge in [0.1, 0.15) is 0 Å². The van der Waals surface area contributed by atoms with Gasteiger partial charge in [-0.3, -0.25) is 4.79 Å². The third-order valence-electron chi connectivity index (χ3n) is 3.09. The second-order valence-electron chi connectivity index (χ2n) is 4.75. The highest BCUT2D eigenvalue weighted by Crippen LogP contribution is 2.29. The summed E-state index contributed by atoms with van der Waals surface area (Å²) < 4.78 is 39.2. The number of carbonyl (C=O) groups is 1. The zero-order valence-electron chi connectivity index (χ0n) is 12.4. The number of aliphatic hydroxyl groups excluding tert-OH is 1. The molecule has 0 spiro atoms. The maximum Gasteiger partial charge on any atom is 0.417 e. The van der Waals surface area contributed by atoms with Crippen LogP contribution in [0.5, 0.6) is 0 Å². The van der Waals surface area contributed by atoms with Gasteiger partial charge in [-0.1, -0.05) is 11.3 Å². The van der Waals surface area contributed by atoms with Crippen LogP contribution in [0.4, 0.5) is 19.0 Å². The molecule has 2 heterocycles. The highest BCUT2D eigenvalue weighted by molar-refractivity contribution is 7.11. The van der Waals surface area contributed by atoms with Crippen LogP contribution in [0.15, 0.2) is 23.3 Å². The van der Waals surface area contributed by atoms with E-state index in [1.165, 1.54) is 6.92 Å². The molecular formula is C14H14F3N3O2S. The standard InChI is InChI=1S/C14H14F3N3O2S/c1-8-12(9(2)22)23-13(20(8)5-6-21)19-11-4-3-10(7-18-11)14(15,16)17/h3-4,7,21H,5-6H2,1-2H3. The van der Waals surface area contributed by atoms with Crippen molar-refractivity contribution >= 4 is 22.9 Å². The molecule has 0 aromatic carbocycles. The van der Waals surface area contributed by atoms with Crippen molar-refractivity contribution in [2.75, 3.05) is 6.61 Å². The fraction of sp³-hybridized carbons (Fsp3) is 0.357. The van der Waals surface area contributed by atoms with E-state index in [0.717, 1.165) is 23.5 Å². The molecule has 0 saturated heterocycles. The zero-order valence-corrected chi connectivity index (χ0v) is 13.2. The Labute approximate surface area is 133 Å². The number of pyridine rings is 1. The molecule has 2 aromatic heterocycles. The molecule has 0 aliphatic heterocycles. The van der Waals surface area contributed by atoms with Crippen molar-refractivity contribution in [1.82, 2.24) is 9.55 Å². The fourth-order valence-electron chi connectivity index (χ4n) is 1.98. The third kappa shape index (κ3) is 3.85. The van der Waals surface area contributed by atoms with Gasteiger partial charge in [0.2, 0.25) is 0 Å². The molecule has 0 amide bonds. The van der Waals surface area contributed by atoms with E-state index in [9.17, 15) is 18.0 Å². The van der Waals surface area contributed by atoms with Gasteiger partial charge < -0.3 is 9.67 Å². The lowest BCUT2D eigenvalue weighted by Crippen LogP contribution is -2.18. The summed E-state index contributed by atoms with van der Waals surface area (Å²) in [6, 6.07) is 2.06. The minimum absolute atomic E-state index is 0.0982. The van der Waals surface area contributed by atoms with E-state index in [1.807, 2.05) is 0 Å². The van der Waals surface area contributed by atoms with Crippen LogP contribution in [0.3, 0.4) is 0 Å². The van der Waals surface area contributed by atoms with Gasteiger partial charge in [0, 0.05) is 25.4 Å². The summed E-state index contributed by atoms with van der Waals surface area (Å²) in [5.41, 5.74) is -0.200. The molecule has 0 atom stereocenters. The minimum atomic E-state index is -4.45. The van der Waals surface area contributed by atoms with E-state index in [0.29, 0.717) is 21.6 Å². The summed E-state index contributed by atoms with van der Waals surface area (Å²) in [7, 11) is 0. The lowest BCUT2D eigenvalue weighted by atomic mass is 10.3. The zero-order chi connectivity index (χ0) is 17.2. The van der Waals surface area contributed by atoms with Crippen LogP contribution in [-0.2, 0) is 12.7 Å². The first-order valence-electron chi connectivity index (χ1n) is 6.64. The Hall–Kier alpha value is -2.00. The van der Waals surface area contributed by atoms with Crippen molar-refractivity contribution in [2.24, 2.45) is 4.99 Å². The summed E-state index contributed by atoms with van der Waals surface area (Å²) >= 11 is 1.11. The van der Waals surface area contributed by atoms with Crippen LogP contribution in [0, 0.1) is 6.92 Å². The number of nitrogens with zero attached hydrogens (tertiary/aromatic N) is 3. The van der Waals surface area contributed by atoms with Gasteiger partial charge >= 0.3 is 6.18 Å². The van der Waals surface area contributed by atoms with Crippen molar-refractivity contribution in [1.29, 1.82) is 0 Å².